The molecule has 7 heteroatoms. The third-order valence-electron chi connectivity index (χ3n) is 2.89. The van der Waals surface area contributed by atoms with Crippen LogP contribution in [0.5, 0.6) is 0 Å². The molecule has 0 bridgehead atoms. The number of nitrogens with two attached hydrogens (primary N) is 1. The van der Waals surface area contributed by atoms with E-state index in [4.69, 9.17) is 5.73 Å². The summed E-state index contributed by atoms with van der Waals surface area (Å²) in [6.45, 7) is 2.18. The van der Waals surface area contributed by atoms with E-state index in [9.17, 15) is 9.59 Å². The average molecular weight is 279 g/mol. The van der Waals surface area contributed by atoms with Crippen LogP contribution in [-0.4, -0.2) is 62.0 Å². The van der Waals surface area contributed by atoms with Crippen LogP contribution in [0.4, 0.5) is 4.79 Å². The molecule has 106 valence electrons. The zero-order valence-electron chi connectivity index (χ0n) is 11.0. The number of piperidine rings is 1. The van der Waals surface area contributed by atoms with Gasteiger partial charge in [0, 0.05) is 40.3 Å². The first-order valence-electron chi connectivity index (χ1n) is 6.00. The van der Waals surface area contributed by atoms with Gasteiger partial charge in [0.05, 0.1) is 5.92 Å². The fourth-order valence-electron chi connectivity index (χ4n) is 1.99. The number of urea groups is 1. The van der Waals surface area contributed by atoms with Gasteiger partial charge in [0.25, 0.3) is 0 Å². The van der Waals surface area contributed by atoms with E-state index in [1.807, 2.05) is 0 Å². The zero-order chi connectivity index (χ0) is 12.8. The molecule has 0 aromatic heterocycles. The van der Waals surface area contributed by atoms with Crippen molar-refractivity contribution in [2.75, 3.05) is 40.3 Å². The maximum atomic E-state index is 11.8. The zero-order valence-corrected chi connectivity index (χ0v) is 11.8. The smallest absolute Gasteiger partial charge is 0.319 e. The van der Waals surface area contributed by atoms with Gasteiger partial charge < -0.3 is 20.9 Å². The number of halogens is 1. The summed E-state index contributed by atoms with van der Waals surface area (Å²) in [5, 5.41) is 2.78. The van der Waals surface area contributed by atoms with Crippen molar-refractivity contribution < 1.29 is 9.59 Å². The molecule has 18 heavy (non-hydrogen) atoms. The summed E-state index contributed by atoms with van der Waals surface area (Å²) < 4.78 is 0. The second kappa shape index (κ2) is 8.16. The minimum atomic E-state index is -0.0980. The Bertz CT molecular complexity index is 286. The number of likely N-dealkylation sites (tertiary alicyclic amines) is 1. The summed E-state index contributed by atoms with van der Waals surface area (Å²) in [5.74, 6) is -0.0918. The van der Waals surface area contributed by atoms with E-state index in [1.165, 1.54) is 0 Å². The molecule has 0 radical (unpaired) electrons. The van der Waals surface area contributed by atoms with E-state index in [1.54, 1.807) is 23.9 Å². The Kier molecular flexibility index (Phi) is 7.70. The van der Waals surface area contributed by atoms with Gasteiger partial charge in [-0.2, -0.15) is 0 Å². The van der Waals surface area contributed by atoms with Gasteiger partial charge in [-0.1, -0.05) is 0 Å². The molecule has 3 N–H and O–H groups in total. The van der Waals surface area contributed by atoms with Crippen LogP contribution in [0, 0.1) is 5.92 Å². The molecule has 0 aromatic rings. The number of hydrogen-bond acceptors (Lipinski definition) is 3. The van der Waals surface area contributed by atoms with Gasteiger partial charge >= 0.3 is 6.03 Å². The maximum absolute atomic E-state index is 11.8. The minimum Gasteiger partial charge on any atom is -0.355 e. The number of carbonyl (C=O) groups is 2. The van der Waals surface area contributed by atoms with Crippen molar-refractivity contribution in [1.82, 2.24) is 15.1 Å². The molecule has 3 amide bonds. The molecular weight excluding hydrogens is 256 g/mol. The Hall–Kier alpha value is -1.01. The number of carbonyl (C=O) groups excluding carboxylic acids is 2. The standard InChI is InChI=1S/C11H22N4O2.ClH/c1-14(2)11(17)15-7-3-4-9(8-15)10(16)13-6-5-12;/h9H,3-8,12H2,1-2H3,(H,13,16);1H. The van der Waals surface area contributed by atoms with Crippen LogP contribution in [0.15, 0.2) is 0 Å². The highest BCUT2D eigenvalue weighted by Gasteiger charge is 2.28. The first kappa shape index (κ1) is 17.0. The Labute approximate surface area is 114 Å². The largest absolute Gasteiger partial charge is 0.355 e. The van der Waals surface area contributed by atoms with Crippen molar-refractivity contribution in [3.8, 4) is 0 Å². The Morgan fingerprint density at radius 1 is 1.44 bits per heavy atom. The lowest BCUT2D eigenvalue weighted by atomic mass is 9.97. The molecule has 0 saturated carbocycles. The van der Waals surface area contributed by atoms with E-state index in [0.717, 1.165) is 19.4 Å². The molecule has 1 rings (SSSR count). The predicted octanol–water partition coefficient (Wildman–Crippen LogP) is -0.123. The highest BCUT2D eigenvalue weighted by molar-refractivity contribution is 5.85. The van der Waals surface area contributed by atoms with Gasteiger partial charge in [0.1, 0.15) is 0 Å². The third-order valence-corrected chi connectivity index (χ3v) is 2.89. The van der Waals surface area contributed by atoms with Gasteiger partial charge in [-0.05, 0) is 12.8 Å². The first-order valence-corrected chi connectivity index (χ1v) is 6.00. The number of amides is 3. The molecule has 1 aliphatic rings. The summed E-state index contributed by atoms with van der Waals surface area (Å²) in [5.41, 5.74) is 5.34. The molecule has 1 unspecified atom stereocenters. The van der Waals surface area contributed by atoms with E-state index in [2.05, 4.69) is 5.32 Å². The van der Waals surface area contributed by atoms with Crippen LogP contribution in [0.1, 0.15) is 12.8 Å². The molecule has 1 saturated heterocycles. The summed E-state index contributed by atoms with van der Waals surface area (Å²) >= 11 is 0. The summed E-state index contributed by atoms with van der Waals surface area (Å²) in [4.78, 5) is 26.8. The lowest BCUT2D eigenvalue weighted by Gasteiger charge is -2.33. The first-order chi connectivity index (χ1) is 8.06. The highest BCUT2D eigenvalue weighted by Crippen LogP contribution is 2.17. The number of nitrogens with zero attached hydrogens (tertiary/aromatic N) is 2. The van der Waals surface area contributed by atoms with E-state index in [-0.39, 0.29) is 30.3 Å². The van der Waals surface area contributed by atoms with Crippen LogP contribution < -0.4 is 11.1 Å². The molecular formula is C11H23ClN4O2. The SMILES string of the molecule is CN(C)C(=O)N1CCCC(C(=O)NCCN)C1.Cl. The van der Waals surface area contributed by atoms with Crippen molar-refractivity contribution in [3.63, 3.8) is 0 Å². The summed E-state index contributed by atoms with van der Waals surface area (Å²) in [6, 6.07) is -0.0266. The van der Waals surface area contributed by atoms with Crippen molar-refractivity contribution in [1.29, 1.82) is 0 Å². The second-order valence-corrected chi connectivity index (χ2v) is 4.54. The fraction of sp³-hybridized carbons (Fsp3) is 0.818. The molecule has 1 heterocycles. The van der Waals surface area contributed by atoms with Crippen molar-refractivity contribution in [3.05, 3.63) is 0 Å². The van der Waals surface area contributed by atoms with E-state index < -0.39 is 0 Å². The van der Waals surface area contributed by atoms with Gasteiger partial charge in [-0.3, -0.25) is 4.79 Å². The lowest BCUT2D eigenvalue weighted by molar-refractivity contribution is -0.126. The molecule has 0 aliphatic carbocycles. The lowest BCUT2D eigenvalue weighted by Crippen LogP contribution is -2.48. The predicted molar refractivity (Wildman–Crippen MR) is 72.7 cm³/mol. The van der Waals surface area contributed by atoms with E-state index >= 15 is 0 Å². The molecule has 6 nitrogen and oxygen atoms in total. The van der Waals surface area contributed by atoms with Gasteiger partial charge in [0.2, 0.25) is 5.91 Å². The number of hydrogen-bond donors (Lipinski definition) is 2. The quantitative estimate of drug-likeness (QED) is 0.755. The molecule has 1 atom stereocenters. The van der Waals surface area contributed by atoms with E-state index in [0.29, 0.717) is 19.6 Å². The monoisotopic (exact) mass is 278 g/mol. The van der Waals surface area contributed by atoms with Gasteiger partial charge in [-0.15, -0.1) is 12.4 Å². The molecule has 0 aromatic carbocycles. The Morgan fingerprint density at radius 2 is 2.11 bits per heavy atom. The van der Waals surface area contributed by atoms with Crippen LogP contribution in [0.2, 0.25) is 0 Å². The van der Waals surface area contributed by atoms with Crippen LogP contribution in [0.25, 0.3) is 0 Å². The highest BCUT2D eigenvalue weighted by atomic mass is 35.5. The third kappa shape index (κ3) is 4.70. The van der Waals surface area contributed by atoms with Crippen molar-refractivity contribution in [2.45, 2.75) is 12.8 Å². The number of nitrogens with one attached hydrogen (secondary N) is 1. The molecule has 0 spiro atoms. The van der Waals surface area contributed by atoms with Crippen LogP contribution >= 0.6 is 12.4 Å². The Morgan fingerprint density at radius 3 is 2.67 bits per heavy atom. The van der Waals surface area contributed by atoms with Crippen molar-refractivity contribution >= 4 is 24.3 Å². The summed E-state index contributed by atoms with van der Waals surface area (Å²) in [6.07, 6.45) is 1.72. The molecule has 1 aliphatic heterocycles. The minimum absolute atomic E-state index is 0. The topological polar surface area (TPSA) is 78.7 Å². The van der Waals surface area contributed by atoms with Crippen molar-refractivity contribution in [2.24, 2.45) is 11.7 Å². The average Bonchev–Trinajstić information content (AvgIpc) is 2.35. The van der Waals surface area contributed by atoms with Gasteiger partial charge in [0.15, 0.2) is 0 Å². The van der Waals surface area contributed by atoms with Gasteiger partial charge in [-0.25, -0.2) is 4.79 Å². The normalized spacial score (nSPS) is 18.8. The summed E-state index contributed by atoms with van der Waals surface area (Å²) in [7, 11) is 3.45. The van der Waals surface area contributed by atoms with Crippen LogP contribution in [0.3, 0.4) is 0 Å². The number of rotatable bonds is 3. The fourth-order valence-corrected chi connectivity index (χ4v) is 1.99. The molecule has 1 fully saturated rings. The Balaban J connectivity index is 0.00000289. The van der Waals surface area contributed by atoms with Crippen LogP contribution in [-0.2, 0) is 4.79 Å². The second-order valence-electron chi connectivity index (χ2n) is 4.54. The maximum Gasteiger partial charge on any atom is 0.319 e.